The molecule has 5 rings (SSSR count). The molecule has 148 valence electrons. The van der Waals surface area contributed by atoms with Crippen molar-refractivity contribution in [3.63, 3.8) is 0 Å². The van der Waals surface area contributed by atoms with Crippen LogP contribution in [0.2, 0.25) is 0 Å². The quantitative estimate of drug-likeness (QED) is 0.281. The molecule has 0 atom stereocenters. The van der Waals surface area contributed by atoms with Crippen molar-refractivity contribution in [2.24, 2.45) is 0 Å². The fourth-order valence-corrected chi connectivity index (χ4v) is 3.91. The summed E-state index contributed by atoms with van der Waals surface area (Å²) in [7, 11) is 0. The molecule has 3 aromatic carbocycles. The Balaban J connectivity index is 0.00000106. The first kappa shape index (κ1) is 20.0. The van der Waals surface area contributed by atoms with Crippen molar-refractivity contribution in [3.8, 4) is 33.8 Å². The summed E-state index contributed by atoms with van der Waals surface area (Å²) in [5.74, 6) is 0. The molecule has 2 heterocycles. The average molecular weight is 456 g/mol. The highest BCUT2D eigenvalue weighted by atomic mass is 79.9. The summed E-state index contributed by atoms with van der Waals surface area (Å²) >= 11 is 3.76. The molecule has 4 heteroatoms. The molecule has 0 aliphatic rings. The number of aromatic nitrogens is 3. The zero-order chi connectivity index (χ0) is 20.9. The van der Waals surface area contributed by atoms with Gasteiger partial charge in [0.2, 0.25) is 0 Å². The van der Waals surface area contributed by atoms with Gasteiger partial charge in [0.15, 0.2) is 5.65 Å². The molecule has 0 N–H and O–H groups in total. The zero-order valence-corrected chi connectivity index (χ0v) is 18.5. The highest BCUT2D eigenvalue weighted by Crippen LogP contribution is 2.34. The number of hydrogen-bond acceptors (Lipinski definition) is 2. The minimum absolute atomic E-state index is 0.805. The third-order valence-corrected chi connectivity index (χ3v) is 5.45. The minimum atomic E-state index is 0.805. The topological polar surface area (TPSA) is 30.2 Å². The van der Waals surface area contributed by atoms with Crippen LogP contribution >= 0.6 is 15.9 Å². The molecule has 0 unspecified atom stereocenters. The lowest BCUT2D eigenvalue weighted by Gasteiger charge is -2.08. The molecule has 0 saturated heterocycles. The lowest BCUT2D eigenvalue weighted by atomic mass is 10.1. The number of fused-ring (bicyclic) bond motifs is 1. The van der Waals surface area contributed by atoms with Gasteiger partial charge in [-0.05, 0) is 22.0 Å². The minimum Gasteiger partial charge on any atom is -0.227 e. The van der Waals surface area contributed by atoms with Crippen molar-refractivity contribution in [3.05, 3.63) is 102 Å². The maximum absolute atomic E-state index is 4.93. The van der Waals surface area contributed by atoms with Gasteiger partial charge in [0.1, 0.15) is 5.69 Å². The second-order valence-corrected chi connectivity index (χ2v) is 7.32. The number of hydrogen-bond donors (Lipinski definition) is 0. The molecule has 0 amide bonds. The lowest BCUT2D eigenvalue weighted by molar-refractivity contribution is 0.953. The Morgan fingerprint density at radius 1 is 0.667 bits per heavy atom. The molecule has 0 spiro atoms. The summed E-state index contributed by atoms with van der Waals surface area (Å²) < 4.78 is 2.82. The predicted octanol–water partition coefficient (Wildman–Crippen LogP) is 7.52. The molecule has 0 fully saturated rings. The van der Waals surface area contributed by atoms with Gasteiger partial charge in [-0.25, -0.2) is 9.50 Å². The SMILES string of the molecule is Brc1c(-c2ccccc2)nn2c(-c3ccccc3)cc(-c3ccccc3)nc12.CC. The van der Waals surface area contributed by atoms with Crippen LogP contribution in [0.5, 0.6) is 0 Å². The Kier molecular flexibility index (Phi) is 6.05. The Labute approximate surface area is 185 Å². The van der Waals surface area contributed by atoms with E-state index in [2.05, 4.69) is 58.4 Å². The normalized spacial score (nSPS) is 10.5. The Bertz CT molecular complexity index is 1250. The molecule has 0 radical (unpaired) electrons. The van der Waals surface area contributed by atoms with Crippen LogP contribution in [-0.4, -0.2) is 14.6 Å². The van der Waals surface area contributed by atoms with Crippen LogP contribution in [0.25, 0.3) is 39.4 Å². The first-order valence-corrected chi connectivity index (χ1v) is 10.9. The van der Waals surface area contributed by atoms with Gasteiger partial charge in [0, 0.05) is 16.7 Å². The standard InChI is InChI=1S/C24H16BrN3.C2H6/c25-22-23(19-14-8-3-9-15-19)27-28-21(18-12-6-2-7-13-18)16-20(26-24(22)28)17-10-4-1-5-11-17;1-2/h1-16H;1-2H3. The van der Waals surface area contributed by atoms with Crippen LogP contribution in [0, 0.1) is 0 Å². The van der Waals surface area contributed by atoms with Gasteiger partial charge >= 0.3 is 0 Å². The molecule has 5 aromatic rings. The van der Waals surface area contributed by atoms with Gasteiger partial charge in [-0.1, -0.05) is 105 Å². The number of rotatable bonds is 3. The summed E-state index contributed by atoms with van der Waals surface area (Å²) in [5.41, 5.74) is 6.85. The van der Waals surface area contributed by atoms with Crippen LogP contribution < -0.4 is 0 Å². The van der Waals surface area contributed by atoms with Crippen molar-refractivity contribution in [1.29, 1.82) is 0 Å². The van der Waals surface area contributed by atoms with Crippen molar-refractivity contribution in [1.82, 2.24) is 14.6 Å². The zero-order valence-electron chi connectivity index (χ0n) is 17.0. The molecule has 30 heavy (non-hydrogen) atoms. The molecule has 0 bridgehead atoms. The van der Waals surface area contributed by atoms with Crippen molar-refractivity contribution in [2.45, 2.75) is 13.8 Å². The van der Waals surface area contributed by atoms with Gasteiger partial charge in [-0.2, -0.15) is 5.10 Å². The summed E-state index contributed by atoms with van der Waals surface area (Å²) in [6, 6.07) is 32.8. The Morgan fingerprint density at radius 3 is 1.73 bits per heavy atom. The second-order valence-electron chi connectivity index (χ2n) is 6.52. The van der Waals surface area contributed by atoms with E-state index in [0.717, 1.165) is 43.9 Å². The summed E-state index contributed by atoms with van der Waals surface area (Å²) in [6.07, 6.45) is 0. The number of halogens is 1. The summed E-state index contributed by atoms with van der Waals surface area (Å²) in [5, 5.41) is 4.90. The summed E-state index contributed by atoms with van der Waals surface area (Å²) in [6.45, 7) is 4.00. The van der Waals surface area contributed by atoms with E-state index in [4.69, 9.17) is 10.1 Å². The molecule has 0 aliphatic carbocycles. The Morgan fingerprint density at radius 2 is 1.17 bits per heavy atom. The van der Waals surface area contributed by atoms with E-state index in [1.807, 2.05) is 73.0 Å². The molecule has 0 saturated carbocycles. The monoisotopic (exact) mass is 455 g/mol. The summed E-state index contributed by atoms with van der Waals surface area (Å²) in [4.78, 5) is 4.93. The van der Waals surface area contributed by atoms with Crippen molar-refractivity contribution < 1.29 is 0 Å². The van der Waals surface area contributed by atoms with Crippen molar-refractivity contribution in [2.75, 3.05) is 0 Å². The van der Waals surface area contributed by atoms with Crippen LogP contribution in [0.3, 0.4) is 0 Å². The highest BCUT2D eigenvalue weighted by molar-refractivity contribution is 9.10. The molecule has 0 aliphatic heterocycles. The molecule has 2 aromatic heterocycles. The average Bonchev–Trinajstić information content (AvgIpc) is 3.18. The third kappa shape index (κ3) is 3.79. The van der Waals surface area contributed by atoms with Crippen LogP contribution in [-0.2, 0) is 0 Å². The number of benzene rings is 3. The van der Waals surface area contributed by atoms with Gasteiger partial charge in [0.25, 0.3) is 0 Å². The van der Waals surface area contributed by atoms with E-state index in [1.54, 1.807) is 0 Å². The van der Waals surface area contributed by atoms with Crippen LogP contribution in [0.1, 0.15) is 13.8 Å². The van der Waals surface area contributed by atoms with Crippen LogP contribution in [0.4, 0.5) is 0 Å². The first-order valence-electron chi connectivity index (χ1n) is 10.1. The second kappa shape index (κ2) is 9.06. The fraction of sp³-hybridized carbons (Fsp3) is 0.0769. The first-order chi connectivity index (χ1) is 14.8. The van der Waals surface area contributed by atoms with E-state index in [9.17, 15) is 0 Å². The van der Waals surface area contributed by atoms with E-state index >= 15 is 0 Å². The van der Waals surface area contributed by atoms with E-state index < -0.39 is 0 Å². The largest absolute Gasteiger partial charge is 0.227 e. The molecule has 3 nitrogen and oxygen atoms in total. The van der Waals surface area contributed by atoms with E-state index in [1.165, 1.54) is 0 Å². The molecular weight excluding hydrogens is 434 g/mol. The predicted molar refractivity (Wildman–Crippen MR) is 128 cm³/mol. The fourth-order valence-electron chi connectivity index (χ4n) is 3.34. The Hall–Kier alpha value is -3.24. The van der Waals surface area contributed by atoms with Gasteiger partial charge in [0.05, 0.1) is 15.9 Å². The smallest absolute Gasteiger partial charge is 0.171 e. The van der Waals surface area contributed by atoms with E-state index in [0.29, 0.717) is 0 Å². The highest BCUT2D eigenvalue weighted by Gasteiger charge is 2.18. The maximum Gasteiger partial charge on any atom is 0.171 e. The van der Waals surface area contributed by atoms with Crippen molar-refractivity contribution >= 4 is 21.6 Å². The van der Waals surface area contributed by atoms with Gasteiger partial charge in [-0.3, -0.25) is 0 Å². The number of nitrogens with zero attached hydrogens (tertiary/aromatic N) is 3. The maximum atomic E-state index is 4.93. The molecular formula is C26H22BrN3. The van der Waals surface area contributed by atoms with Gasteiger partial charge in [-0.15, -0.1) is 0 Å². The van der Waals surface area contributed by atoms with Gasteiger partial charge < -0.3 is 0 Å². The van der Waals surface area contributed by atoms with E-state index in [-0.39, 0.29) is 0 Å². The third-order valence-electron chi connectivity index (χ3n) is 4.72. The van der Waals surface area contributed by atoms with Crippen LogP contribution in [0.15, 0.2) is 102 Å². The lowest BCUT2D eigenvalue weighted by Crippen LogP contribution is -1.98.